The van der Waals surface area contributed by atoms with E-state index in [4.69, 9.17) is 10.5 Å². The summed E-state index contributed by atoms with van der Waals surface area (Å²) in [6.45, 7) is 1.64. The lowest BCUT2D eigenvalue weighted by Gasteiger charge is -2.23. The van der Waals surface area contributed by atoms with Gasteiger partial charge in [-0.15, -0.1) is 0 Å². The van der Waals surface area contributed by atoms with Gasteiger partial charge in [-0.05, 0) is 13.0 Å². The Bertz CT molecular complexity index is 52.0. The zero-order chi connectivity index (χ0) is 5.11. The zero-order valence-electron chi connectivity index (χ0n) is 4.31. The Balaban J connectivity index is 1.93. The minimum Gasteiger partial charge on any atom is -0.372 e. The molecule has 0 bridgehead atoms. The molecule has 1 rings (SSSR count). The summed E-state index contributed by atoms with van der Waals surface area (Å²) in [4.78, 5) is 0. The van der Waals surface area contributed by atoms with Crippen molar-refractivity contribution in [1.29, 1.82) is 0 Å². The molecule has 41 valence electrons. The molecule has 0 atom stereocenters. The SMILES string of the molecule is NCC[C]1CCO1. The molecule has 0 aromatic carbocycles. The highest BCUT2D eigenvalue weighted by atomic mass is 16.5. The predicted octanol–water partition coefficient (Wildman–Crippen LogP) is 0.287. The normalized spacial score (nSPS) is 21.9. The molecule has 0 unspecified atom stereocenters. The molecule has 0 amide bonds. The van der Waals surface area contributed by atoms with Gasteiger partial charge >= 0.3 is 0 Å². The fourth-order valence-corrected chi connectivity index (χ4v) is 0.605. The van der Waals surface area contributed by atoms with E-state index in [1.165, 1.54) is 6.10 Å². The molecule has 1 radical (unpaired) electrons. The quantitative estimate of drug-likeness (QED) is 0.541. The number of rotatable bonds is 2. The van der Waals surface area contributed by atoms with Crippen LogP contribution in [0.1, 0.15) is 12.8 Å². The summed E-state index contributed by atoms with van der Waals surface area (Å²) >= 11 is 0. The van der Waals surface area contributed by atoms with E-state index >= 15 is 0 Å². The van der Waals surface area contributed by atoms with Gasteiger partial charge in [0.25, 0.3) is 0 Å². The van der Waals surface area contributed by atoms with Crippen LogP contribution in [0.2, 0.25) is 0 Å². The predicted molar refractivity (Wildman–Crippen MR) is 27.5 cm³/mol. The standard InChI is InChI=1S/C5H10NO/c6-3-1-5-2-4-7-5/h1-4,6H2. The third kappa shape index (κ3) is 1.14. The summed E-state index contributed by atoms with van der Waals surface area (Å²) in [5.74, 6) is 0. The van der Waals surface area contributed by atoms with Crippen molar-refractivity contribution in [2.24, 2.45) is 5.73 Å². The van der Waals surface area contributed by atoms with Gasteiger partial charge in [-0.2, -0.15) is 0 Å². The summed E-state index contributed by atoms with van der Waals surface area (Å²) in [5.41, 5.74) is 5.24. The molecular weight excluding hydrogens is 90.1 g/mol. The number of hydrogen-bond acceptors (Lipinski definition) is 2. The minimum atomic E-state index is 0.731. The van der Waals surface area contributed by atoms with E-state index in [-0.39, 0.29) is 0 Å². The first-order valence-electron chi connectivity index (χ1n) is 2.61. The van der Waals surface area contributed by atoms with Crippen LogP contribution in [0.25, 0.3) is 0 Å². The number of hydrogen-bond donors (Lipinski definition) is 1. The van der Waals surface area contributed by atoms with Crippen molar-refractivity contribution in [3.8, 4) is 0 Å². The second kappa shape index (κ2) is 2.28. The summed E-state index contributed by atoms with van der Waals surface area (Å²) in [6, 6.07) is 0. The Morgan fingerprint density at radius 3 is 2.57 bits per heavy atom. The monoisotopic (exact) mass is 100 g/mol. The lowest BCUT2D eigenvalue weighted by atomic mass is 10.1. The van der Waals surface area contributed by atoms with Crippen LogP contribution in [0.3, 0.4) is 0 Å². The highest BCUT2D eigenvalue weighted by Gasteiger charge is 2.17. The average Bonchev–Trinajstić information content (AvgIpc) is 1.55. The summed E-state index contributed by atoms with van der Waals surface area (Å²) < 4.78 is 5.01. The fourth-order valence-electron chi connectivity index (χ4n) is 0.605. The molecule has 0 aromatic rings. The van der Waals surface area contributed by atoms with Crippen molar-refractivity contribution >= 4 is 0 Å². The van der Waals surface area contributed by atoms with Crippen LogP contribution >= 0.6 is 0 Å². The topological polar surface area (TPSA) is 35.2 Å². The second-order valence-electron chi connectivity index (χ2n) is 1.68. The van der Waals surface area contributed by atoms with Crippen molar-refractivity contribution in [3.05, 3.63) is 6.10 Å². The van der Waals surface area contributed by atoms with Crippen LogP contribution in [-0.2, 0) is 4.74 Å². The maximum atomic E-state index is 5.24. The first kappa shape index (κ1) is 5.06. The average molecular weight is 100 g/mol. The summed E-state index contributed by atoms with van der Waals surface area (Å²) in [7, 11) is 0. The highest BCUT2D eigenvalue weighted by molar-refractivity contribution is 4.85. The summed E-state index contributed by atoms with van der Waals surface area (Å²) in [5, 5.41) is 0. The van der Waals surface area contributed by atoms with Crippen molar-refractivity contribution in [2.75, 3.05) is 13.2 Å². The van der Waals surface area contributed by atoms with Crippen LogP contribution in [0.5, 0.6) is 0 Å². The van der Waals surface area contributed by atoms with E-state index < -0.39 is 0 Å². The molecule has 0 saturated carbocycles. The van der Waals surface area contributed by atoms with Gasteiger partial charge < -0.3 is 10.5 Å². The molecule has 2 N–H and O–H groups in total. The van der Waals surface area contributed by atoms with Crippen LogP contribution in [-0.4, -0.2) is 13.2 Å². The first-order chi connectivity index (χ1) is 3.43. The molecular formula is C5H10NO. The van der Waals surface area contributed by atoms with Gasteiger partial charge in [-0.1, -0.05) is 0 Å². The van der Waals surface area contributed by atoms with Gasteiger partial charge in [0.1, 0.15) is 6.10 Å². The molecule has 1 heterocycles. The molecule has 1 aliphatic rings. The molecule has 1 fully saturated rings. The van der Waals surface area contributed by atoms with E-state index in [9.17, 15) is 0 Å². The number of nitrogens with two attached hydrogens (primary N) is 1. The lowest BCUT2D eigenvalue weighted by Crippen LogP contribution is -2.20. The zero-order valence-corrected chi connectivity index (χ0v) is 4.31. The van der Waals surface area contributed by atoms with Gasteiger partial charge in [0.2, 0.25) is 0 Å². The Morgan fingerprint density at radius 2 is 2.43 bits per heavy atom. The van der Waals surface area contributed by atoms with Crippen molar-refractivity contribution in [2.45, 2.75) is 12.8 Å². The van der Waals surface area contributed by atoms with E-state index in [1.54, 1.807) is 0 Å². The first-order valence-corrected chi connectivity index (χ1v) is 2.61. The number of ether oxygens (including phenoxy) is 1. The lowest BCUT2D eigenvalue weighted by molar-refractivity contribution is 0.0364. The molecule has 1 aliphatic heterocycles. The Kier molecular flexibility index (Phi) is 1.65. The second-order valence-corrected chi connectivity index (χ2v) is 1.68. The van der Waals surface area contributed by atoms with Crippen LogP contribution in [0, 0.1) is 6.10 Å². The van der Waals surface area contributed by atoms with Crippen LogP contribution in [0.15, 0.2) is 0 Å². The van der Waals surface area contributed by atoms with E-state index in [0.29, 0.717) is 0 Å². The van der Waals surface area contributed by atoms with E-state index in [1.807, 2.05) is 0 Å². The fraction of sp³-hybridized carbons (Fsp3) is 0.800. The minimum absolute atomic E-state index is 0.731. The molecule has 0 aliphatic carbocycles. The Labute approximate surface area is 43.6 Å². The van der Waals surface area contributed by atoms with Crippen molar-refractivity contribution in [1.82, 2.24) is 0 Å². The largest absolute Gasteiger partial charge is 0.372 e. The molecule has 2 heteroatoms. The van der Waals surface area contributed by atoms with Crippen LogP contribution < -0.4 is 5.73 Å². The van der Waals surface area contributed by atoms with Crippen molar-refractivity contribution < 1.29 is 4.74 Å². The van der Waals surface area contributed by atoms with Gasteiger partial charge in [0.15, 0.2) is 0 Å². The maximum absolute atomic E-state index is 5.24. The van der Waals surface area contributed by atoms with Crippen molar-refractivity contribution in [3.63, 3.8) is 0 Å². The Morgan fingerprint density at radius 1 is 1.71 bits per heavy atom. The Hall–Kier alpha value is -0.0800. The summed E-state index contributed by atoms with van der Waals surface area (Å²) in [6.07, 6.45) is 3.28. The van der Waals surface area contributed by atoms with Gasteiger partial charge in [-0.25, -0.2) is 0 Å². The van der Waals surface area contributed by atoms with Gasteiger partial charge in [-0.3, -0.25) is 0 Å². The smallest absolute Gasteiger partial charge is 0.101 e. The molecule has 7 heavy (non-hydrogen) atoms. The molecule has 1 saturated heterocycles. The van der Waals surface area contributed by atoms with E-state index in [2.05, 4.69) is 0 Å². The van der Waals surface area contributed by atoms with Crippen LogP contribution in [0.4, 0.5) is 0 Å². The molecule has 0 spiro atoms. The highest BCUT2D eigenvalue weighted by Crippen LogP contribution is 2.21. The van der Waals surface area contributed by atoms with Gasteiger partial charge in [0, 0.05) is 6.42 Å². The van der Waals surface area contributed by atoms with E-state index in [0.717, 1.165) is 26.0 Å². The third-order valence-corrected chi connectivity index (χ3v) is 1.11. The third-order valence-electron chi connectivity index (χ3n) is 1.11. The van der Waals surface area contributed by atoms with Gasteiger partial charge in [0.05, 0.1) is 6.61 Å². The molecule has 0 aromatic heterocycles. The molecule has 2 nitrogen and oxygen atoms in total. The maximum Gasteiger partial charge on any atom is 0.101 e.